The Morgan fingerprint density at radius 3 is 2.76 bits per heavy atom. The lowest BCUT2D eigenvalue weighted by Crippen LogP contribution is -2.48. The molecule has 21 heavy (non-hydrogen) atoms. The van der Waals surface area contributed by atoms with Gasteiger partial charge in [-0.05, 0) is 56.4 Å². The molecule has 4 heteroatoms. The van der Waals surface area contributed by atoms with Crippen LogP contribution in [-0.2, 0) is 4.74 Å². The van der Waals surface area contributed by atoms with E-state index in [1.54, 1.807) is 12.1 Å². The molecule has 2 rings (SSSR count). The van der Waals surface area contributed by atoms with E-state index >= 15 is 0 Å². The number of amides is 1. The van der Waals surface area contributed by atoms with Gasteiger partial charge in [0.05, 0.1) is 5.60 Å². The average Bonchev–Trinajstić information content (AvgIpc) is 2.50. The first kappa shape index (κ1) is 15.8. The molecule has 1 amide bonds. The van der Waals surface area contributed by atoms with E-state index in [9.17, 15) is 4.79 Å². The van der Waals surface area contributed by atoms with Gasteiger partial charge in [-0.15, -0.1) is 0 Å². The van der Waals surface area contributed by atoms with Crippen molar-refractivity contribution in [2.45, 2.75) is 58.1 Å². The molecule has 0 saturated carbocycles. The van der Waals surface area contributed by atoms with Gasteiger partial charge in [-0.3, -0.25) is 4.79 Å². The monoisotopic (exact) mass is 290 g/mol. The second-order valence-corrected chi connectivity index (χ2v) is 5.97. The number of anilines is 1. The van der Waals surface area contributed by atoms with Crippen LogP contribution in [0.25, 0.3) is 0 Å². The van der Waals surface area contributed by atoms with Crippen LogP contribution in [0.3, 0.4) is 0 Å². The number of nitrogen functional groups attached to an aromatic ring is 1. The number of benzene rings is 1. The fourth-order valence-corrected chi connectivity index (χ4v) is 2.98. The van der Waals surface area contributed by atoms with E-state index in [-0.39, 0.29) is 17.6 Å². The highest BCUT2D eigenvalue weighted by Gasteiger charge is 2.35. The number of hydrogen-bond donors (Lipinski definition) is 2. The predicted octanol–water partition coefficient (Wildman–Crippen LogP) is 3.04. The highest BCUT2D eigenvalue weighted by Crippen LogP contribution is 2.31. The normalized spacial score (nSPS) is 21.0. The number of nitrogens with one attached hydrogen (secondary N) is 1. The first-order chi connectivity index (χ1) is 9.99. The molecule has 1 atom stereocenters. The van der Waals surface area contributed by atoms with Crippen molar-refractivity contribution < 1.29 is 9.53 Å². The molecule has 1 aliphatic rings. The molecule has 1 aliphatic heterocycles. The third-order valence-electron chi connectivity index (χ3n) is 4.65. The van der Waals surface area contributed by atoms with Crippen molar-refractivity contribution in [2.24, 2.45) is 0 Å². The lowest BCUT2D eigenvalue weighted by molar-refractivity contribution is -0.0917. The molecule has 3 N–H and O–H groups in total. The minimum absolute atomic E-state index is 0.0221. The molecule has 0 radical (unpaired) electrons. The summed E-state index contributed by atoms with van der Waals surface area (Å²) in [7, 11) is 0. The zero-order valence-corrected chi connectivity index (χ0v) is 13.2. The van der Waals surface area contributed by atoms with Crippen molar-refractivity contribution >= 4 is 11.6 Å². The van der Waals surface area contributed by atoms with Gasteiger partial charge in [0.25, 0.3) is 5.91 Å². The van der Waals surface area contributed by atoms with E-state index in [2.05, 4.69) is 19.2 Å². The molecule has 1 saturated heterocycles. The number of carbonyl (C=O) groups is 1. The van der Waals surface area contributed by atoms with Crippen LogP contribution in [0.5, 0.6) is 0 Å². The maximum Gasteiger partial charge on any atom is 0.251 e. The number of ether oxygens (including phenoxy) is 1. The Labute approximate surface area is 127 Å². The minimum atomic E-state index is -0.0762. The van der Waals surface area contributed by atoms with Gasteiger partial charge in [-0.25, -0.2) is 0 Å². The molecule has 1 heterocycles. The van der Waals surface area contributed by atoms with Crippen LogP contribution in [0.4, 0.5) is 5.69 Å². The summed E-state index contributed by atoms with van der Waals surface area (Å²) in [6.07, 6.45) is 3.73. The Morgan fingerprint density at radius 2 is 2.14 bits per heavy atom. The maximum atomic E-state index is 12.4. The van der Waals surface area contributed by atoms with E-state index < -0.39 is 0 Å². The van der Waals surface area contributed by atoms with Crippen molar-refractivity contribution in [2.75, 3.05) is 12.3 Å². The van der Waals surface area contributed by atoms with E-state index in [0.29, 0.717) is 17.9 Å². The van der Waals surface area contributed by atoms with Crippen molar-refractivity contribution in [3.05, 3.63) is 29.3 Å². The van der Waals surface area contributed by atoms with Crippen LogP contribution in [-0.4, -0.2) is 24.2 Å². The van der Waals surface area contributed by atoms with E-state index in [1.165, 1.54) is 0 Å². The summed E-state index contributed by atoms with van der Waals surface area (Å²) in [5.41, 5.74) is 8.05. The Bertz CT molecular complexity index is 510. The van der Waals surface area contributed by atoms with Gasteiger partial charge in [0.2, 0.25) is 0 Å². The molecule has 1 fully saturated rings. The van der Waals surface area contributed by atoms with Crippen LogP contribution in [0.15, 0.2) is 18.2 Å². The molecular weight excluding hydrogens is 264 g/mol. The van der Waals surface area contributed by atoms with Gasteiger partial charge in [0.15, 0.2) is 0 Å². The van der Waals surface area contributed by atoms with Crippen molar-refractivity contribution in [3.8, 4) is 0 Å². The van der Waals surface area contributed by atoms with Crippen molar-refractivity contribution in [1.29, 1.82) is 0 Å². The van der Waals surface area contributed by atoms with Gasteiger partial charge >= 0.3 is 0 Å². The van der Waals surface area contributed by atoms with Crippen LogP contribution < -0.4 is 11.1 Å². The standard InChI is InChI=1S/C17H26N2O2/c1-4-17(5-2)11-14(8-9-21-17)19-16(20)13-6-7-15(18)12(3)10-13/h6-7,10,14H,4-5,8-9,11,18H2,1-3H3,(H,19,20). The predicted molar refractivity (Wildman–Crippen MR) is 85.3 cm³/mol. The summed E-state index contributed by atoms with van der Waals surface area (Å²) in [4.78, 5) is 12.4. The fraction of sp³-hybridized carbons (Fsp3) is 0.588. The van der Waals surface area contributed by atoms with Gasteiger partial charge in [-0.2, -0.15) is 0 Å². The Morgan fingerprint density at radius 1 is 1.43 bits per heavy atom. The van der Waals surface area contributed by atoms with E-state index in [1.807, 2.05) is 13.0 Å². The van der Waals surface area contributed by atoms with Crippen molar-refractivity contribution in [3.63, 3.8) is 0 Å². The summed E-state index contributed by atoms with van der Waals surface area (Å²) in [6, 6.07) is 5.60. The highest BCUT2D eigenvalue weighted by atomic mass is 16.5. The number of hydrogen-bond acceptors (Lipinski definition) is 3. The molecule has 0 bridgehead atoms. The molecule has 0 spiro atoms. The Hall–Kier alpha value is -1.55. The minimum Gasteiger partial charge on any atom is -0.399 e. The summed E-state index contributed by atoms with van der Waals surface area (Å²) in [5.74, 6) is -0.0221. The van der Waals surface area contributed by atoms with Gasteiger partial charge in [0, 0.05) is 23.9 Å². The second-order valence-electron chi connectivity index (χ2n) is 5.97. The maximum absolute atomic E-state index is 12.4. The Kier molecular flexibility index (Phi) is 4.88. The van der Waals surface area contributed by atoms with Gasteiger partial charge < -0.3 is 15.8 Å². The van der Waals surface area contributed by atoms with Crippen LogP contribution in [0.1, 0.15) is 55.5 Å². The number of carbonyl (C=O) groups excluding carboxylic acids is 1. The summed E-state index contributed by atoms with van der Waals surface area (Å²) < 4.78 is 5.95. The highest BCUT2D eigenvalue weighted by molar-refractivity contribution is 5.95. The zero-order valence-electron chi connectivity index (χ0n) is 13.2. The van der Waals surface area contributed by atoms with E-state index in [4.69, 9.17) is 10.5 Å². The smallest absolute Gasteiger partial charge is 0.251 e. The summed E-state index contributed by atoms with van der Waals surface area (Å²) in [5, 5.41) is 3.15. The lowest BCUT2D eigenvalue weighted by atomic mass is 9.86. The summed E-state index contributed by atoms with van der Waals surface area (Å²) in [6.45, 7) is 6.93. The molecule has 116 valence electrons. The van der Waals surface area contributed by atoms with E-state index in [0.717, 1.165) is 31.2 Å². The zero-order chi connectivity index (χ0) is 15.5. The molecule has 1 aromatic carbocycles. The lowest BCUT2D eigenvalue weighted by Gasteiger charge is -2.40. The largest absolute Gasteiger partial charge is 0.399 e. The fourth-order valence-electron chi connectivity index (χ4n) is 2.98. The second kappa shape index (κ2) is 6.48. The third kappa shape index (κ3) is 3.56. The average molecular weight is 290 g/mol. The molecule has 1 aromatic rings. The molecule has 0 aromatic heterocycles. The number of aryl methyl sites for hydroxylation is 1. The van der Waals surface area contributed by atoms with Crippen LogP contribution >= 0.6 is 0 Å². The quantitative estimate of drug-likeness (QED) is 0.838. The third-order valence-corrected chi connectivity index (χ3v) is 4.65. The molecule has 4 nitrogen and oxygen atoms in total. The van der Waals surface area contributed by atoms with Crippen LogP contribution in [0.2, 0.25) is 0 Å². The van der Waals surface area contributed by atoms with Crippen LogP contribution in [0, 0.1) is 6.92 Å². The number of nitrogens with two attached hydrogens (primary N) is 1. The SMILES string of the molecule is CCC1(CC)CC(NC(=O)c2ccc(N)c(C)c2)CCO1. The topological polar surface area (TPSA) is 64.4 Å². The molecular formula is C17H26N2O2. The summed E-state index contributed by atoms with van der Waals surface area (Å²) >= 11 is 0. The first-order valence-electron chi connectivity index (χ1n) is 7.80. The molecule has 0 aliphatic carbocycles. The number of rotatable bonds is 4. The van der Waals surface area contributed by atoms with Crippen molar-refractivity contribution in [1.82, 2.24) is 5.32 Å². The first-order valence-corrected chi connectivity index (χ1v) is 7.80. The van der Waals surface area contributed by atoms with Gasteiger partial charge in [-0.1, -0.05) is 13.8 Å². The van der Waals surface area contributed by atoms with Gasteiger partial charge in [0.1, 0.15) is 0 Å². The Balaban J connectivity index is 2.03. The molecule has 1 unspecified atom stereocenters.